The lowest BCUT2D eigenvalue weighted by Gasteiger charge is -2.42. The molecule has 0 aromatic rings. The van der Waals surface area contributed by atoms with E-state index in [0.29, 0.717) is 0 Å². The maximum absolute atomic E-state index is 13.6. The van der Waals surface area contributed by atoms with Gasteiger partial charge in [-0.05, 0) is 0 Å². The smallest absolute Gasteiger partial charge is 0.460 e. The van der Waals surface area contributed by atoms with Gasteiger partial charge in [-0.15, -0.1) is 0 Å². The second-order valence-corrected chi connectivity index (χ2v) is 6.70. The third-order valence-corrected chi connectivity index (χ3v) is 4.13. The summed E-state index contributed by atoms with van der Waals surface area (Å²) < 4.78 is 226. The Kier molecular flexibility index (Phi) is 8.76. The van der Waals surface area contributed by atoms with Gasteiger partial charge in [0.05, 0.1) is 19.4 Å². The summed E-state index contributed by atoms with van der Waals surface area (Å²) in [5.74, 6) is -61.0. The van der Waals surface area contributed by atoms with Gasteiger partial charge < -0.3 is 9.84 Å². The van der Waals surface area contributed by atoms with Gasteiger partial charge in [0.25, 0.3) is 0 Å². The standard InChI is InChI=1S/C15H9F17O4/c1-5(7(34)35)4-6(33)36-3-2-8(16,17)9(18,19)10(20,21)11(22,23)12(24,25)13(26,27)14(28,29)15(30,31)32/h1-4H2,(H,34,35). The third-order valence-electron chi connectivity index (χ3n) is 4.13. The number of esters is 1. The van der Waals surface area contributed by atoms with Gasteiger partial charge in [0.15, 0.2) is 0 Å². The van der Waals surface area contributed by atoms with Crippen molar-refractivity contribution in [3.8, 4) is 0 Å². The highest BCUT2D eigenvalue weighted by Crippen LogP contribution is 2.64. The van der Waals surface area contributed by atoms with Gasteiger partial charge in [-0.2, -0.15) is 74.6 Å². The van der Waals surface area contributed by atoms with Crippen LogP contribution in [0, 0.1) is 0 Å². The van der Waals surface area contributed by atoms with Crippen molar-refractivity contribution in [3.05, 3.63) is 12.2 Å². The zero-order valence-corrected chi connectivity index (χ0v) is 16.4. The van der Waals surface area contributed by atoms with E-state index in [2.05, 4.69) is 11.3 Å². The molecule has 0 heterocycles. The van der Waals surface area contributed by atoms with Gasteiger partial charge >= 0.3 is 59.6 Å². The van der Waals surface area contributed by atoms with E-state index in [1.807, 2.05) is 0 Å². The summed E-state index contributed by atoms with van der Waals surface area (Å²) in [6, 6.07) is 0. The first kappa shape index (κ1) is 33.5. The lowest BCUT2D eigenvalue weighted by atomic mass is 9.88. The van der Waals surface area contributed by atoms with Crippen LogP contribution in [0.2, 0.25) is 0 Å². The number of halogens is 17. The molecule has 36 heavy (non-hydrogen) atoms. The molecule has 0 aliphatic heterocycles. The Morgan fingerprint density at radius 3 is 1.28 bits per heavy atom. The normalized spacial score (nSPS) is 15.0. The van der Waals surface area contributed by atoms with Crippen LogP contribution in [-0.4, -0.2) is 71.3 Å². The third kappa shape index (κ3) is 5.14. The number of hydrogen-bond donors (Lipinski definition) is 1. The number of ether oxygens (including phenoxy) is 1. The Balaban J connectivity index is 6.14. The number of carbonyl (C=O) groups excluding carboxylic acids is 1. The molecule has 0 saturated heterocycles. The van der Waals surface area contributed by atoms with Crippen molar-refractivity contribution in [2.75, 3.05) is 6.61 Å². The van der Waals surface area contributed by atoms with Gasteiger partial charge in [0.1, 0.15) is 0 Å². The largest absolute Gasteiger partial charge is 0.478 e. The number of carboxylic acid groups (broad SMARTS) is 1. The average molecular weight is 576 g/mol. The van der Waals surface area contributed by atoms with Crippen LogP contribution < -0.4 is 0 Å². The average Bonchev–Trinajstić information content (AvgIpc) is 2.65. The highest BCUT2D eigenvalue weighted by Gasteiger charge is 2.95. The van der Waals surface area contributed by atoms with Crippen LogP contribution in [0.5, 0.6) is 0 Å². The van der Waals surface area contributed by atoms with Crippen LogP contribution in [0.25, 0.3) is 0 Å². The first-order chi connectivity index (χ1) is 15.5. The molecule has 0 unspecified atom stereocenters. The lowest BCUT2D eigenvalue weighted by molar-refractivity contribution is -0.461. The highest BCUT2D eigenvalue weighted by molar-refractivity contribution is 5.91. The van der Waals surface area contributed by atoms with E-state index in [1.165, 1.54) is 0 Å². The quantitative estimate of drug-likeness (QED) is 0.177. The Labute approximate surface area is 186 Å². The number of carboxylic acids is 1. The van der Waals surface area contributed by atoms with Crippen molar-refractivity contribution in [2.45, 2.75) is 60.5 Å². The molecule has 0 rings (SSSR count). The van der Waals surface area contributed by atoms with Crippen LogP contribution in [0.15, 0.2) is 12.2 Å². The highest BCUT2D eigenvalue weighted by atomic mass is 19.4. The predicted molar refractivity (Wildman–Crippen MR) is 77.7 cm³/mol. The maximum Gasteiger partial charge on any atom is 0.460 e. The molecule has 0 aromatic carbocycles. The molecule has 0 aliphatic rings. The Hall–Kier alpha value is -2.51. The number of carbonyl (C=O) groups is 2. The summed E-state index contributed by atoms with van der Waals surface area (Å²) in [4.78, 5) is 21.4. The fraction of sp³-hybridized carbons (Fsp3) is 0.733. The van der Waals surface area contributed by atoms with Crippen molar-refractivity contribution >= 4 is 11.9 Å². The fourth-order valence-electron chi connectivity index (χ4n) is 1.95. The molecule has 4 nitrogen and oxygen atoms in total. The Morgan fingerprint density at radius 1 is 0.611 bits per heavy atom. The zero-order valence-electron chi connectivity index (χ0n) is 16.4. The van der Waals surface area contributed by atoms with Crippen molar-refractivity contribution < 1.29 is 94.1 Å². The van der Waals surface area contributed by atoms with Crippen LogP contribution >= 0.6 is 0 Å². The Morgan fingerprint density at radius 2 is 0.944 bits per heavy atom. The first-order valence-corrected chi connectivity index (χ1v) is 8.25. The summed E-state index contributed by atoms with van der Waals surface area (Å²) in [5, 5.41) is 8.37. The van der Waals surface area contributed by atoms with Gasteiger partial charge in [-0.1, -0.05) is 6.58 Å². The second-order valence-electron chi connectivity index (χ2n) is 6.70. The number of aliphatic carboxylic acids is 1. The van der Waals surface area contributed by atoms with Gasteiger partial charge in [0, 0.05) is 5.57 Å². The van der Waals surface area contributed by atoms with Crippen LogP contribution in [0.3, 0.4) is 0 Å². The van der Waals surface area contributed by atoms with E-state index in [4.69, 9.17) is 5.11 Å². The van der Waals surface area contributed by atoms with E-state index < -0.39 is 84.6 Å². The van der Waals surface area contributed by atoms with Gasteiger partial charge in [-0.3, -0.25) is 4.79 Å². The zero-order chi connectivity index (χ0) is 29.6. The molecular weight excluding hydrogens is 567 g/mol. The monoisotopic (exact) mass is 576 g/mol. The minimum atomic E-state index is -8.73. The molecule has 0 radical (unpaired) electrons. The minimum absolute atomic E-state index is 0.998. The second kappa shape index (κ2) is 9.42. The summed E-state index contributed by atoms with van der Waals surface area (Å²) >= 11 is 0. The first-order valence-electron chi connectivity index (χ1n) is 8.25. The van der Waals surface area contributed by atoms with Crippen LogP contribution in [-0.2, 0) is 14.3 Å². The summed E-state index contributed by atoms with van der Waals surface area (Å²) in [7, 11) is 0. The molecule has 0 saturated carbocycles. The molecule has 1 N–H and O–H groups in total. The molecule has 21 heteroatoms. The van der Waals surface area contributed by atoms with Crippen molar-refractivity contribution in [1.29, 1.82) is 0 Å². The molecule has 0 fully saturated rings. The topological polar surface area (TPSA) is 63.6 Å². The fourth-order valence-corrected chi connectivity index (χ4v) is 1.95. The van der Waals surface area contributed by atoms with E-state index in [0.717, 1.165) is 0 Å². The minimum Gasteiger partial charge on any atom is -0.478 e. The van der Waals surface area contributed by atoms with Crippen LogP contribution in [0.4, 0.5) is 74.6 Å². The van der Waals surface area contributed by atoms with E-state index in [-0.39, 0.29) is 0 Å². The number of hydrogen-bond acceptors (Lipinski definition) is 3. The van der Waals surface area contributed by atoms with Crippen molar-refractivity contribution in [3.63, 3.8) is 0 Å². The predicted octanol–water partition coefficient (Wildman–Crippen LogP) is 5.96. The summed E-state index contributed by atoms with van der Waals surface area (Å²) in [6.45, 7) is 0.560. The molecular formula is C15H9F17O4. The lowest BCUT2D eigenvalue weighted by Crippen LogP contribution is -2.74. The molecule has 0 aliphatic carbocycles. The van der Waals surface area contributed by atoms with E-state index in [9.17, 15) is 84.2 Å². The van der Waals surface area contributed by atoms with Gasteiger partial charge in [-0.25, -0.2) is 4.79 Å². The maximum atomic E-state index is 13.6. The van der Waals surface area contributed by atoms with Crippen LogP contribution in [0.1, 0.15) is 12.8 Å². The van der Waals surface area contributed by atoms with Crippen molar-refractivity contribution in [1.82, 2.24) is 0 Å². The van der Waals surface area contributed by atoms with E-state index in [1.54, 1.807) is 0 Å². The molecule has 212 valence electrons. The van der Waals surface area contributed by atoms with Gasteiger partial charge in [0.2, 0.25) is 0 Å². The number of alkyl halides is 17. The summed E-state index contributed by atoms with van der Waals surface area (Å²) in [6.07, 6.45) is -12.1. The Bertz CT molecular complexity index is 859. The molecule has 0 amide bonds. The molecule has 0 aromatic heterocycles. The van der Waals surface area contributed by atoms with E-state index >= 15 is 0 Å². The van der Waals surface area contributed by atoms with Crippen molar-refractivity contribution in [2.24, 2.45) is 0 Å². The molecule has 0 bridgehead atoms. The molecule has 0 atom stereocenters. The SMILES string of the molecule is C=C(CC(=O)OCCC(F)(F)C(F)(F)C(F)(F)C(F)(F)C(F)(F)C(F)(F)C(F)(F)C(F)(F)F)C(=O)O. The summed E-state index contributed by atoms with van der Waals surface area (Å²) in [5.41, 5.74) is -0.998. The number of rotatable bonds is 12. The molecule has 0 spiro atoms.